The highest BCUT2D eigenvalue weighted by Gasteiger charge is 2.26. The number of halogens is 2. The van der Waals surface area contributed by atoms with Crippen molar-refractivity contribution in [3.63, 3.8) is 0 Å². The van der Waals surface area contributed by atoms with E-state index >= 15 is 0 Å². The average molecular weight is 442 g/mol. The van der Waals surface area contributed by atoms with Gasteiger partial charge in [0, 0.05) is 32.0 Å². The van der Waals surface area contributed by atoms with Gasteiger partial charge in [-0.05, 0) is 24.1 Å². The van der Waals surface area contributed by atoms with Crippen LogP contribution in [0.4, 0.5) is 0 Å². The standard InChI is InChI=1S/C23H21Cl2N3O2/c1-29-12-11-16(15-7-4-3-5-8-15)23-27-21-19(9-6-10-20(21)30-2)28(23)22-17(24)13-26-14-18(22)25/h3-10,13-14,16H,11-12H2,1-2H3/t16-/m1/s1. The van der Waals surface area contributed by atoms with Gasteiger partial charge in [0.1, 0.15) is 17.1 Å². The van der Waals surface area contributed by atoms with E-state index in [9.17, 15) is 0 Å². The lowest BCUT2D eigenvalue weighted by Gasteiger charge is -2.20. The lowest BCUT2D eigenvalue weighted by Crippen LogP contribution is -2.12. The highest BCUT2D eigenvalue weighted by molar-refractivity contribution is 6.37. The maximum absolute atomic E-state index is 6.57. The molecule has 2 heterocycles. The van der Waals surface area contributed by atoms with Crippen LogP contribution in [-0.2, 0) is 4.74 Å². The van der Waals surface area contributed by atoms with Crippen LogP contribution in [-0.4, -0.2) is 35.4 Å². The highest BCUT2D eigenvalue weighted by Crippen LogP contribution is 2.39. The van der Waals surface area contributed by atoms with E-state index in [4.69, 9.17) is 37.7 Å². The predicted molar refractivity (Wildman–Crippen MR) is 120 cm³/mol. The van der Waals surface area contributed by atoms with Gasteiger partial charge in [0.25, 0.3) is 0 Å². The minimum atomic E-state index is -0.0384. The van der Waals surface area contributed by atoms with Crippen LogP contribution in [0.2, 0.25) is 10.0 Å². The molecule has 0 aliphatic heterocycles. The molecule has 0 spiro atoms. The molecule has 4 rings (SSSR count). The number of hydrogen-bond acceptors (Lipinski definition) is 4. The first-order valence-electron chi connectivity index (χ1n) is 9.54. The van der Waals surface area contributed by atoms with Gasteiger partial charge >= 0.3 is 0 Å². The number of fused-ring (bicyclic) bond motifs is 1. The summed E-state index contributed by atoms with van der Waals surface area (Å²) in [4.78, 5) is 9.12. The zero-order valence-corrected chi connectivity index (χ0v) is 18.2. The Hall–Kier alpha value is -2.60. The Kier molecular flexibility index (Phi) is 6.23. The minimum Gasteiger partial charge on any atom is -0.494 e. The summed E-state index contributed by atoms with van der Waals surface area (Å²) >= 11 is 13.1. The van der Waals surface area contributed by atoms with Crippen LogP contribution in [0.3, 0.4) is 0 Å². The Balaban J connectivity index is 2.05. The fraction of sp³-hybridized carbons (Fsp3) is 0.217. The molecule has 30 heavy (non-hydrogen) atoms. The molecule has 7 heteroatoms. The monoisotopic (exact) mass is 441 g/mol. The van der Waals surface area contributed by atoms with Gasteiger partial charge in [-0.15, -0.1) is 0 Å². The molecule has 0 unspecified atom stereocenters. The maximum Gasteiger partial charge on any atom is 0.146 e. The van der Waals surface area contributed by atoms with Crippen LogP contribution in [0.1, 0.15) is 23.7 Å². The van der Waals surface area contributed by atoms with Crippen molar-refractivity contribution in [1.29, 1.82) is 0 Å². The number of rotatable bonds is 7. The smallest absolute Gasteiger partial charge is 0.146 e. The number of ether oxygens (including phenoxy) is 2. The number of nitrogens with zero attached hydrogens (tertiary/aromatic N) is 3. The fourth-order valence-electron chi connectivity index (χ4n) is 3.71. The van der Waals surface area contributed by atoms with Crippen molar-refractivity contribution in [2.24, 2.45) is 0 Å². The number of imidazole rings is 1. The quantitative estimate of drug-likeness (QED) is 0.357. The van der Waals surface area contributed by atoms with Gasteiger partial charge in [0.2, 0.25) is 0 Å². The second-order valence-electron chi connectivity index (χ2n) is 6.83. The van der Waals surface area contributed by atoms with Gasteiger partial charge in [-0.25, -0.2) is 4.98 Å². The molecule has 0 fully saturated rings. The molecule has 4 aromatic rings. The molecule has 154 valence electrons. The molecular weight excluding hydrogens is 421 g/mol. The lowest BCUT2D eigenvalue weighted by atomic mass is 9.95. The molecule has 0 saturated carbocycles. The number of aromatic nitrogens is 3. The third kappa shape index (κ3) is 3.76. The molecule has 5 nitrogen and oxygen atoms in total. The van der Waals surface area contributed by atoms with Crippen LogP contribution >= 0.6 is 23.2 Å². The molecule has 0 radical (unpaired) electrons. The Labute approximate surface area is 185 Å². The SMILES string of the molecule is COCC[C@H](c1ccccc1)c1nc2c(OC)cccc2n1-c1c(Cl)cncc1Cl. The van der Waals surface area contributed by atoms with Crippen molar-refractivity contribution >= 4 is 34.2 Å². The molecule has 0 N–H and O–H groups in total. The van der Waals surface area contributed by atoms with Crippen LogP contribution in [0.5, 0.6) is 5.75 Å². The van der Waals surface area contributed by atoms with Crippen molar-refractivity contribution in [1.82, 2.24) is 14.5 Å². The summed E-state index contributed by atoms with van der Waals surface area (Å²) in [5, 5.41) is 0.897. The summed E-state index contributed by atoms with van der Waals surface area (Å²) < 4.78 is 13.0. The van der Waals surface area contributed by atoms with Crippen molar-refractivity contribution in [3.8, 4) is 11.4 Å². The van der Waals surface area contributed by atoms with E-state index in [1.54, 1.807) is 26.6 Å². The third-order valence-electron chi connectivity index (χ3n) is 5.07. The number of para-hydroxylation sites is 1. The second kappa shape index (κ2) is 9.04. The molecule has 0 amide bonds. The normalized spacial score (nSPS) is 12.3. The van der Waals surface area contributed by atoms with Crippen molar-refractivity contribution < 1.29 is 9.47 Å². The summed E-state index contributed by atoms with van der Waals surface area (Å²) in [6, 6.07) is 16.0. The molecule has 0 aliphatic rings. The summed E-state index contributed by atoms with van der Waals surface area (Å²) in [5.41, 5.74) is 3.39. The van der Waals surface area contributed by atoms with Gasteiger partial charge in [-0.1, -0.05) is 59.6 Å². The van der Waals surface area contributed by atoms with Crippen molar-refractivity contribution in [2.45, 2.75) is 12.3 Å². The Morgan fingerprint density at radius 1 is 0.967 bits per heavy atom. The number of methoxy groups -OCH3 is 2. The largest absolute Gasteiger partial charge is 0.494 e. The Bertz CT molecular complexity index is 1140. The lowest BCUT2D eigenvalue weighted by molar-refractivity contribution is 0.190. The van der Waals surface area contributed by atoms with E-state index in [2.05, 4.69) is 17.1 Å². The van der Waals surface area contributed by atoms with E-state index in [1.165, 1.54) is 0 Å². The fourth-order valence-corrected chi connectivity index (χ4v) is 4.24. The second-order valence-corrected chi connectivity index (χ2v) is 7.64. The molecule has 0 aliphatic carbocycles. The van der Waals surface area contributed by atoms with Gasteiger partial charge in [0.15, 0.2) is 0 Å². The van der Waals surface area contributed by atoms with Gasteiger partial charge in [-0.3, -0.25) is 9.55 Å². The summed E-state index contributed by atoms with van der Waals surface area (Å²) in [6.07, 6.45) is 3.92. The van der Waals surface area contributed by atoms with Crippen LogP contribution < -0.4 is 4.74 Å². The zero-order valence-electron chi connectivity index (χ0n) is 16.7. The van der Waals surface area contributed by atoms with Gasteiger partial charge in [-0.2, -0.15) is 0 Å². The van der Waals surface area contributed by atoms with Crippen LogP contribution in [0.25, 0.3) is 16.7 Å². The third-order valence-corrected chi connectivity index (χ3v) is 5.62. The first kappa shape index (κ1) is 20.7. The summed E-state index contributed by atoms with van der Waals surface area (Å²) in [6.45, 7) is 0.581. The number of benzene rings is 2. The van der Waals surface area contributed by atoms with Crippen molar-refractivity contribution in [2.75, 3.05) is 20.8 Å². The molecule has 1 atom stereocenters. The first-order valence-corrected chi connectivity index (χ1v) is 10.3. The Morgan fingerprint density at radius 3 is 2.37 bits per heavy atom. The topological polar surface area (TPSA) is 49.2 Å². The minimum absolute atomic E-state index is 0.0384. The van der Waals surface area contributed by atoms with E-state index in [0.717, 1.165) is 28.8 Å². The van der Waals surface area contributed by atoms with Gasteiger partial charge in [0.05, 0.1) is 28.4 Å². The molecular formula is C23H21Cl2N3O2. The average Bonchev–Trinajstić information content (AvgIpc) is 3.14. The zero-order chi connectivity index (χ0) is 21.1. The van der Waals surface area contributed by atoms with E-state index in [1.807, 2.05) is 41.0 Å². The molecule has 2 aromatic carbocycles. The molecule has 0 saturated heterocycles. The summed E-state index contributed by atoms with van der Waals surface area (Å²) in [5.74, 6) is 1.46. The van der Waals surface area contributed by atoms with Crippen molar-refractivity contribution in [3.05, 3.63) is 82.4 Å². The highest BCUT2D eigenvalue weighted by atomic mass is 35.5. The Morgan fingerprint density at radius 2 is 1.70 bits per heavy atom. The number of pyridine rings is 1. The van der Waals surface area contributed by atoms with E-state index < -0.39 is 0 Å². The number of hydrogen-bond donors (Lipinski definition) is 0. The van der Waals surface area contributed by atoms with Gasteiger partial charge < -0.3 is 9.47 Å². The van der Waals surface area contributed by atoms with E-state index in [-0.39, 0.29) is 5.92 Å². The predicted octanol–water partition coefficient (Wildman–Crippen LogP) is 5.90. The van der Waals surface area contributed by atoms with Crippen LogP contribution in [0, 0.1) is 0 Å². The first-order chi connectivity index (χ1) is 14.7. The molecule has 0 bridgehead atoms. The van der Waals surface area contributed by atoms with Crippen LogP contribution in [0.15, 0.2) is 60.9 Å². The van der Waals surface area contributed by atoms with E-state index in [0.29, 0.717) is 28.1 Å². The maximum atomic E-state index is 6.57. The molecule has 2 aromatic heterocycles. The summed E-state index contributed by atoms with van der Waals surface area (Å²) in [7, 11) is 3.34.